The molecular weight excluding hydrogens is 286 g/mol. The molecule has 1 amide bonds. The number of rotatable bonds is 5. The van der Waals surface area contributed by atoms with Crippen LogP contribution in [0.4, 0.5) is 5.13 Å². The second-order valence-electron chi connectivity index (χ2n) is 5.17. The molecule has 21 heavy (non-hydrogen) atoms. The molecule has 0 bridgehead atoms. The SMILES string of the molecule is Cc1cc(O[C@@H](C)C(=O)Nc2nncs2)ccc1C(C)C. The Bertz CT molecular complexity index is 611. The van der Waals surface area contributed by atoms with Crippen LogP contribution in [0.5, 0.6) is 5.75 Å². The monoisotopic (exact) mass is 305 g/mol. The summed E-state index contributed by atoms with van der Waals surface area (Å²) in [6, 6.07) is 5.91. The van der Waals surface area contributed by atoms with E-state index in [1.807, 2.05) is 25.1 Å². The first-order chi connectivity index (χ1) is 9.97. The molecule has 1 heterocycles. The number of carbonyl (C=O) groups is 1. The van der Waals surface area contributed by atoms with Crippen LogP contribution < -0.4 is 10.1 Å². The summed E-state index contributed by atoms with van der Waals surface area (Å²) in [6.45, 7) is 8.07. The zero-order valence-corrected chi connectivity index (χ0v) is 13.4. The normalized spacial score (nSPS) is 12.2. The molecule has 0 spiro atoms. The number of nitrogens with one attached hydrogen (secondary N) is 1. The van der Waals surface area contributed by atoms with Gasteiger partial charge in [-0.2, -0.15) is 0 Å². The van der Waals surface area contributed by atoms with Crippen molar-refractivity contribution in [3.05, 3.63) is 34.8 Å². The van der Waals surface area contributed by atoms with Crippen LogP contribution >= 0.6 is 11.3 Å². The standard InChI is InChI=1S/C15H19N3O2S/c1-9(2)13-6-5-12(7-10(13)3)20-11(4)14(19)17-15-18-16-8-21-15/h5-9,11H,1-4H3,(H,17,18,19)/t11-/m0/s1. The number of carbonyl (C=O) groups excluding carboxylic acids is 1. The molecule has 6 heteroatoms. The second kappa shape index (κ2) is 6.67. The molecule has 2 rings (SSSR count). The van der Waals surface area contributed by atoms with Gasteiger partial charge in [-0.05, 0) is 43.0 Å². The molecule has 0 fully saturated rings. The zero-order chi connectivity index (χ0) is 15.4. The van der Waals surface area contributed by atoms with Crippen molar-refractivity contribution in [2.75, 3.05) is 5.32 Å². The van der Waals surface area contributed by atoms with E-state index in [-0.39, 0.29) is 5.91 Å². The van der Waals surface area contributed by atoms with Gasteiger partial charge in [-0.3, -0.25) is 10.1 Å². The van der Waals surface area contributed by atoms with E-state index in [1.165, 1.54) is 22.5 Å². The second-order valence-corrected chi connectivity index (χ2v) is 6.00. The molecule has 0 saturated heterocycles. The number of benzene rings is 1. The van der Waals surface area contributed by atoms with E-state index in [2.05, 4.69) is 29.4 Å². The maximum Gasteiger partial charge on any atom is 0.266 e. The predicted octanol–water partition coefficient (Wildman–Crippen LogP) is 3.38. The van der Waals surface area contributed by atoms with Gasteiger partial charge in [-0.15, -0.1) is 10.2 Å². The minimum Gasteiger partial charge on any atom is -0.481 e. The molecule has 0 unspecified atom stereocenters. The van der Waals surface area contributed by atoms with Crippen molar-refractivity contribution < 1.29 is 9.53 Å². The number of aromatic nitrogens is 2. The number of ether oxygens (including phenoxy) is 1. The smallest absolute Gasteiger partial charge is 0.266 e. The van der Waals surface area contributed by atoms with Crippen LogP contribution in [0.1, 0.15) is 37.8 Å². The topological polar surface area (TPSA) is 64.1 Å². The highest BCUT2D eigenvalue weighted by Gasteiger charge is 2.16. The maximum absolute atomic E-state index is 12.0. The summed E-state index contributed by atoms with van der Waals surface area (Å²) in [7, 11) is 0. The highest BCUT2D eigenvalue weighted by Crippen LogP contribution is 2.24. The fourth-order valence-corrected chi connectivity index (χ4v) is 2.51. The Labute approximate surface area is 128 Å². The summed E-state index contributed by atoms with van der Waals surface area (Å²) in [5, 5.41) is 10.6. The van der Waals surface area contributed by atoms with E-state index in [0.29, 0.717) is 16.8 Å². The van der Waals surface area contributed by atoms with Gasteiger partial charge in [0.05, 0.1) is 0 Å². The number of aryl methyl sites for hydroxylation is 1. The quantitative estimate of drug-likeness (QED) is 0.920. The third kappa shape index (κ3) is 4.01. The first-order valence-electron chi connectivity index (χ1n) is 6.81. The van der Waals surface area contributed by atoms with Gasteiger partial charge >= 0.3 is 0 Å². The summed E-state index contributed by atoms with van der Waals surface area (Å²) >= 11 is 1.27. The van der Waals surface area contributed by atoms with Crippen molar-refractivity contribution in [2.45, 2.75) is 39.7 Å². The van der Waals surface area contributed by atoms with Gasteiger partial charge in [0, 0.05) is 0 Å². The number of hydrogen-bond acceptors (Lipinski definition) is 5. The molecular formula is C15H19N3O2S. The van der Waals surface area contributed by atoms with Crippen molar-refractivity contribution >= 4 is 22.4 Å². The fourth-order valence-electron chi connectivity index (χ4n) is 2.06. The third-order valence-corrected chi connectivity index (χ3v) is 3.74. The van der Waals surface area contributed by atoms with Gasteiger partial charge in [-0.25, -0.2) is 0 Å². The number of amides is 1. The van der Waals surface area contributed by atoms with Crippen LogP contribution in [0.15, 0.2) is 23.7 Å². The van der Waals surface area contributed by atoms with E-state index >= 15 is 0 Å². The van der Waals surface area contributed by atoms with Gasteiger partial charge in [0.25, 0.3) is 5.91 Å². The molecule has 2 aromatic rings. The van der Waals surface area contributed by atoms with Gasteiger partial charge in [-0.1, -0.05) is 31.3 Å². The Balaban J connectivity index is 2.00. The van der Waals surface area contributed by atoms with Crippen molar-refractivity contribution in [1.82, 2.24) is 10.2 Å². The van der Waals surface area contributed by atoms with Crippen LogP contribution in [-0.2, 0) is 4.79 Å². The molecule has 0 aliphatic heterocycles. The Morgan fingerprint density at radius 3 is 2.67 bits per heavy atom. The predicted molar refractivity (Wildman–Crippen MR) is 83.9 cm³/mol. The minimum atomic E-state index is -0.599. The summed E-state index contributed by atoms with van der Waals surface area (Å²) in [4.78, 5) is 12.0. The Kier molecular flexibility index (Phi) is 4.90. The number of anilines is 1. The van der Waals surface area contributed by atoms with Gasteiger partial charge in [0.15, 0.2) is 6.10 Å². The van der Waals surface area contributed by atoms with Crippen LogP contribution in [0.3, 0.4) is 0 Å². The molecule has 0 radical (unpaired) electrons. The van der Waals surface area contributed by atoms with Gasteiger partial charge < -0.3 is 4.74 Å². The summed E-state index contributed by atoms with van der Waals surface area (Å²) in [5.74, 6) is 0.923. The number of nitrogens with zero attached hydrogens (tertiary/aromatic N) is 2. The maximum atomic E-state index is 12.0. The van der Waals surface area contributed by atoms with Crippen molar-refractivity contribution in [1.29, 1.82) is 0 Å². The Morgan fingerprint density at radius 1 is 1.33 bits per heavy atom. The molecule has 1 atom stereocenters. The molecule has 0 aliphatic rings. The molecule has 1 aromatic heterocycles. The largest absolute Gasteiger partial charge is 0.481 e. The Hall–Kier alpha value is -1.95. The lowest BCUT2D eigenvalue weighted by atomic mass is 9.98. The van der Waals surface area contributed by atoms with Crippen molar-refractivity contribution in [2.24, 2.45) is 0 Å². The van der Waals surface area contributed by atoms with Crippen LogP contribution in [0, 0.1) is 6.92 Å². The van der Waals surface area contributed by atoms with Gasteiger partial charge in [0.2, 0.25) is 5.13 Å². The zero-order valence-electron chi connectivity index (χ0n) is 12.6. The van der Waals surface area contributed by atoms with E-state index in [9.17, 15) is 4.79 Å². The van der Waals surface area contributed by atoms with Crippen LogP contribution in [0.2, 0.25) is 0 Å². The minimum absolute atomic E-state index is 0.239. The molecule has 0 aliphatic carbocycles. The molecule has 1 aromatic carbocycles. The fraction of sp³-hybridized carbons (Fsp3) is 0.400. The highest BCUT2D eigenvalue weighted by molar-refractivity contribution is 7.13. The first kappa shape index (κ1) is 15.4. The Morgan fingerprint density at radius 2 is 2.10 bits per heavy atom. The van der Waals surface area contributed by atoms with E-state index in [0.717, 1.165) is 0 Å². The summed E-state index contributed by atoms with van der Waals surface area (Å²) < 4.78 is 5.68. The van der Waals surface area contributed by atoms with Gasteiger partial charge in [0.1, 0.15) is 11.3 Å². The van der Waals surface area contributed by atoms with Crippen molar-refractivity contribution in [3.63, 3.8) is 0 Å². The molecule has 5 nitrogen and oxygen atoms in total. The average Bonchev–Trinajstić information content (AvgIpc) is 2.91. The summed E-state index contributed by atoms with van der Waals surface area (Å²) in [5.41, 5.74) is 4.02. The summed E-state index contributed by atoms with van der Waals surface area (Å²) in [6.07, 6.45) is -0.599. The van der Waals surface area contributed by atoms with E-state index in [1.54, 1.807) is 12.4 Å². The lowest BCUT2D eigenvalue weighted by molar-refractivity contribution is -0.122. The molecule has 1 N–H and O–H groups in total. The number of hydrogen-bond donors (Lipinski definition) is 1. The highest BCUT2D eigenvalue weighted by atomic mass is 32.1. The van der Waals surface area contributed by atoms with Crippen LogP contribution in [0.25, 0.3) is 0 Å². The van der Waals surface area contributed by atoms with Crippen LogP contribution in [-0.4, -0.2) is 22.2 Å². The third-order valence-electron chi connectivity index (χ3n) is 3.14. The lowest BCUT2D eigenvalue weighted by Crippen LogP contribution is -2.30. The first-order valence-corrected chi connectivity index (χ1v) is 7.69. The molecule has 0 saturated carbocycles. The average molecular weight is 305 g/mol. The lowest BCUT2D eigenvalue weighted by Gasteiger charge is -2.16. The van der Waals surface area contributed by atoms with E-state index in [4.69, 9.17) is 4.74 Å². The molecule has 112 valence electrons. The van der Waals surface area contributed by atoms with Crippen molar-refractivity contribution in [3.8, 4) is 5.75 Å². The van der Waals surface area contributed by atoms with E-state index < -0.39 is 6.10 Å².